The average molecular weight is 451 g/mol. The van der Waals surface area contributed by atoms with Gasteiger partial charge in [0.15, 0.2) is 5.15 Å². The molecular formula is C25H27ClN4O2. The lowest BCUT2D eigenvalue weighted by Crippen LogP contribution is -2.40. The van der Waals surface area contributed by atoms with Gasteiger partial charge in [0, 0.05) is 18.3 Å². The average Bonchev–Trinajstić information content (AvgIpc) is 2.83. The molecule has 0 bridgehead atoms. The van der Waals surface area contributed by atoms with Crippen molar-refractivity contribution in [3.05, 3.63) is 89.0 Å². The molecule has 1 saturated heterocycles. The predicted octanol–water partition coefficient (Wildman–Crippen LogP) is 4.26. The van der Waals surface area contributed by atoms with Gasteiger partial charge in [-0.2, -0.15) is 0 Å². The third-order valence-corrected chi connectivity index (χ3v) is 6.06. The summed E-state index contributed by atoms with van der Waals surface area (Å²) in [6.45, 7) is 2.29. The molecule has 2 aromatic carbocycles. The SMILES string of the molecule is CN1CCC(C(=O)NC(c2cccc(OCc3ccccc3)c2)c2nccnc2Cl)CC1. The van der Waals surface area contributed by atoms with E-state index in [0.29, 0.717) is 18.1 Å². The van der Waals surface area contributed by atoms with E-state index in [0.717, 1.165) is 37.1 Å². The van der Waals surface area contributed by atoms with Gasteiger partial charge in [-0.1, -0.05) is 54.1 Å². The highest BCUT2D eigenvalue weighted by atomic mass is 35.5. The number of aromatic nitrogens is 2. The highest BCUT2D eigenvalue weighted by Gasteiger charge is 2.28. The summed E-state index contributed by atoms with van der Waals surface area (Å²) in [5, 5.41) is 3.45. The Morgan fingerprint density at radius 3 is 2.62 bits per heavy atom. The molecule has 6 nitrogen and oxygen atoms in total. The number of halogens is 1. The highest BCUT2D eigenvalue weighted by Crippen LogP contribution is 2.29. The van der Waals surface area contributed by atoms with Crippen LogP contribution in [0.2, 0.25) is 5.15 Å². The summed E-state index contributed by atoms with van der Waals surface area (Å²) in [6.07, 6.45) is 4.81. The van der Waals surface area contributed by atoms with Crippen LogP contribution < -0.4 is 10.1 Å². The summed E-state index contributed by atoms with van der Waals surface area (Å²) in [4.78, 5) is 24.0. The number of hydrogen-bond donors (Lipinski definition) is 1. The van der Waals surface area contributed by atoms with Gasteiger partial charge in [-0.3, -0.25) is 9.78 Å². The highest BCUT2D eigenvalue weighted by molar-refractivity contribution is 6.30. The summed E-state index contributed by atoms with van der Waals surface area (Å²) in [7, 11) is 2.08. The minimum absolute atomic E-state index is 0.0143. The molecular weight excluding hydrogens is 424 g/mol. The molecule has 1 N–H and O–H groups in total. The van der Waals surface area contributed by atoms with E-state index in [2.05, 4.69) is 27.2 Å². The quantitative estimate of drug-likeness (QED) is 0.582. The molecule has 1 aliphatic rings. The first-order chi connectivity index (χ1) is 15.6. The fourth-order valence-corrected chi connectivity index (χ4v) is 4.10. The van der Waals surface area contributed by atoms with Gasteiger partial charge >= 0.3 is 0 Å². The second-order valence-electron chi connectivity index (χ2n) is 8.10. The van der Waals surface area contributed by atoms with Gasteiger partial charge in [0.2, 0.25) is 5.91 Å². The van der Waals surface area contributed by atoms with Gasteiger partial charge in [0.25, 0.3) is 0 Å². The number of carbonyl (C=O) groups is 1. The number of carbonyl (C=O) groups excluding carboxylic acids is 1. The maximum Gasteiger partial charge on any atom is 0.224 e. The Morgan fingerprint density at radius 2 is 1.88 bits per heavy atom. The lowest BCUT2D eigenvalue weighted by Gasteiger charge is -2.29. The number of benzene rings is 2. The molecule has 0 aliphatic carbocycles. The fraction of sp³-hybridized carbons (Fsp3) is 0.320. The Bertz CT molecular complexity index is 1040. The summed E-state index contributed by atoms with van der Waals surface area (Å²) < 4.78 is 5.99. The minimum Gasteiger partial charge on any atom is -0.489 e. The predicted molar refractivity (Wildman–Crippen MR) is 124 cm³/mol. The van der Waals surface area contributed by atoms with E-state index in [4.69, 9.17) is 16.3 Å². The van der Waals surface area contributed by atoms with Crippen LogP contribution in [0.5, 0.6) is 5.75 Å². The smallest absolute Gasteiger partial charge is 0.224 e. The Balaban J connectivity index is 1.56. The number of nitrogens with one attached hydrogen (secondary N) is 1. The monoisotopic (exact) mass is 450 g/mol. The van der Waals surface area contributed by atoms with Crippen molar-refractivity contribution < 1.29 is 9.53 Å². The van der Waals surface area contributed by atoms with E-state index in [1.165, 1.54) is 0 Å². The van der Waals surface area contributed by atoms with Crippen molar-refractivity contribution in [2.75, 3.05) is 20.1 Å². The normalized spacial score (nSPS) is 15.8. The summed E-state index contributed by atoms with van der Waals surface area (Å²) in [6, 6.07) is 17.2. The molecule has 4 rings (SSSR count). The third-order valence-electron chi connectivity index (χ3n) is 5.77. The number of piperidine rings is 1. The van der Waals surface area contributed by atoms with Crippen molar-refractivity contribution in [3.8, 4) is 5.75 Å². The zero-order valence-corrected chi connectivity index (χ0v) is 18.8. The zero-order valence-electron chi connectivity index (χ0n) is 18.1. The van der Waals surface area contributed by atoms with E-state index >= 15 is 0 Å². The van der Waals surface area contributed by atoms with Crippen LogP contribution in [0.25, 0.3) is 0 Å². The molecule has 32 heavy (non-hydrogen) atoms. The second kappa shape index (κ2) is 10.6. The molecule has 7 heteroatoms. The molecule has 0 radical (unpaired) electrons. The van der Waals surface area contributed by atoms with E-state index in [1.807, 2.05) is 54.6 Å². The Labute approximate surface area is 193 Å². The third kappa shape index (κ3) is 5.64. The van der Waals surface area contributed by atoms with E-state index < -0.39 is 6.04 Å². The van der Waals surface area contributed by atoms with Crippen LogP contribution in [-0.2, 0) is 11.4 Å². The van der Waals surface area contributed by atoms with Crippen molar-refractivity contribution in [1.82, 2.24) is 20.2 Å². The molecule has 0 spiro atoms. The van der Waals surface area contributed by atoms with Gasteiger partial charge in [-0.25, -0.2) is 4.98 Å². The Kier molecular flexibility index (Phi) is 7.35. The van der Waals surface area contributed by atoms with Gasteiger partial charge in [-0.15, -0.1) is 0 Å². The Hall–Kier alpha value is -2.96. The van der Waals surface area contributed by atoms with E-state index in [9.17, 15) is 4.79 Å². The van der Waals surface area contributed by atoms with Crippen molar-refractivity contribution in [2.24, 2.45) is 5.92 Å². The van der Waals surface area contributed by atoms with Gasteiger partial charge in [0.05, 0.1) is 6.04 Å². The first-order valence-electron chi connectivity index (χ1n) is 10.8. The van der Waals surface area contributed by atoms with Crippen LogP contribution in [0.3, 0.4) is 0 Å². The Morgan fingerprint density at radius 1 is 1.12 bits per heavy atom. The minimum atomic E-state index is -0.511. The molecule has 166 valence electrons. The van der Waals surface area contributed by atoms with Crippen LogP contribution >= 0.6 is 11.6 Å². The maximum absolute atomic E-state index is 13.1. The first kappa shape index (κ1) is 22.2. The van der Waals surface area contributed by atoms with E-state index in [-0.39, 0.29) is 17.0 Å². The fourth-order valence-electron chi connectivity index (χ4n) is 3.89. The van der Waals surface area contributed by atoms with Crippen molar-refractivity contribution >= 4 is 17.5 Å². The number of amides is 1. The molecule has 3 aromatic rings. The molecule has 1 amide bonds. The van der Waals surface area contributed by atoms with Gasteiger partial charge < -0.3 is 15.0 Å². The van der Waals surface area contributed by atoms with Crippen LogP contribution in [0.1, 0.15) is 35.7 Å². The molecule has 1 fully saturated rings. The number of ether oxygens (including phenoxy) is 1. The number of likely N-dealkylation sites (tertiary alicyclic amines) is 1. The van der Waals surface area contributed by atoms with Gasteiger partial charge in [-0.05, 0) is 56.2 Å². The van der Waals surface area contributed by atoms with Crippen LogP contribution in [0.15, 0.2) is 67.0 Å². The lowest BCUT2D eigenvalue weighted by atomic mass is 9.95. The largest absolute Gasteiger partial charge is 0.489 e. The topological polar surface area (TPSA) is 67.4 Å². The number of rotatable bonds is 7. The molecule has 1 unspecified atom stereocenters. The lowest BCUT2D eigenvalue weighted by molar-refractivity contribution is -0.126. The van der Waals surface area contributed by atoms with Crippen LogP contribution in [-0.4, -0.2) is 40.9 Å². The summed E-state index contributed by atoms with van der Waals surface area (Å²) in [5.41, 5.74) is 2.46. The summed E-state index contributed by atoms with van der Waals surface area (Å²) in [5.74, 6) is 0.701. The number of nitrogens with zero attached hydrogens (tertiary/aromatic N) is 3. The van der Waals surface area contributed by atoms with Crippen LogP contribution in [0.4, 0.5) is 0 Å². The van der Waals surface area contributed by atoms with Crippen molar-refractivity contribution in [1.29, 1.82) is 0 Å². The van der Waals surface area contributed by atoms with Crippen LogP contribution in [0, 0.1) is 5.92 Å². The molecule has 2 heterocycles. The standard InChI is InChI=1S/C25H27ClN4O2/c1-30-14-10-19(11-15-30)25(31)29-22(23-24(26)28-13-12-27-23)20-8-5-9-21(16-20)32-17-18-6-3-2-4-7-18/h2-9,12-13,16,19,22H,10-11,14-15,17H2,1H3,(H,29,31). The second-order valence-corrected chi connectivity index (χ2v) is 8.46. The van der Waals surface area contributed by atoms with E-state index in [1.54, 1.807) is 12.4 Å². The molecule has 1 atom stereocenters. The molecule has 0 saturated carbocycles. The first-order valence-corrected chi connectivity index (χ1v) is 11.2. The maximum atomic E-state index is 13.1. The summed E-state index contributed by atoms with van der Waals surface area (Å²) >= 11 is 6.38. The molecule has 1 aliphatic heterocycles. The van der Waals surface area contributed by atoms with Crippen molar-refractivity contribution in [3.63, 3.8) is 0 Å². The number of hydrogen-bond acceptors (Lipinski definition) is 5. The van der Waals surface area contributed by atoms with Crippen molar-refractivity contribution in [2.45, 2.75) is 25.5 Å². The molecule has 1 aromatic heterocycles. The van der Waals surface area contributed by atoms with Gasteiger partial charge in [0.1, 0.15) is 18.1 Å². The zero-order chi connectivity index (χ0) is 22.3.